The molecule has 0 heterocycles. The van der Waals surface area contributed by atoms with Gasteiger partial charge in [-0.3, -0.25) is 71.9 Å². The minimum Gasteiger partial charge on any atom is -0.481 e. The average molecular weight is 973 g/mol. The molecule has 4 amide bonds. The maximum Gasteiger partial charge on any atom is 0.322 e. The highest BCUT2D eigenvalue weighted by molar-refractivity contribution is 5.97. The summed E-state index contributed by atoms with van der Waals surface area (Å²) in [5.74, 6) is -23.6. The summed E-state index contributed by atoms with van der Waals surface area (Å²) in [6.07, 6.45) is -11.4. The second kappa shape index (κ2) is 32.5. The van der Waals surface area contributed by atoms with Gasteiger partial charge in [0.1, 0.15) is 18.1 Å². The lowest BCUT2D eigenvalue weighted by atomic mass is 9.85. The van der Waals surface area contributed by atoms with Crippen molar-refractivity contribution in [3.05, 3.63) is 0 Å². The van der Waals surface area contributed by atoms with Gasteiger partial charge in [-0.1, -0.05) is 0 Å². The summed E-state index contributed by atoms with van der Waals surface area (Å²) in [4.78, 5) is 186. The van der Waals surface area contributed by atoms with Crippen molar-refractivity contribution in [2.45, 2.75) is 135 Å². The van der Waals surface area contributed by atoms with Crippen molar-refractivity contribution in [1.82, 2.24) is 21.3 Å². The fraction of sp³-hybridized carbons (Fsp3) is 0.643. The molecule has 26 nitrogen and oxygen atoms in total. The first kappa shape index (κ1) is 60.9. The van der Waals surface area contributed by atoms with E-state index in [0.717, 1.165) is 0 Å². The average Bonchev–Trinajstić information content (AvgIpc) is 3.24. The van der Waals surface area contributed by atoms with E-state index in [9.17, 15) is 97.5 Å². The minimum absolute atomic E-state index is 0.238. The number of amides is 4. The molecular weight excluding hydrogens is 912 g/mol. The van der Waals surface area contributed by atoms with Gasteiger partial charge in [0.05, 0.1) is 12.1 Å². The molecule has 6 unspecified atom stereocenters. The topological polar surface area (TPSA) is 446 Å². The van der Waals surface area contributed by atoms with Crippen molar-refractivity contribution in [2.75, 3.05) is 13.1 Å². The number of aliphatic carboxylic acids is 7. The zero-order valence-corrected chi connectivity index (χ0v) is 37.4. The molecule has 0 fully saturated rings. The van der Waals surface area contributed by atoms with Crippen molar-refractivity contribution in [1.29, 1.82) is 0 Å². The van der Waals surface area contributed by atoms with Crippen LogP contribution in [0.15, 0.2) is 0 Å². The van der Waals surface area contributed by atoms with E-state index in [1.165, 1.54) is 0 Å². The first-order valence-corrected chi connectivity index (χ1v) is 21.5. The first-order valence-electron chi connectivity index (χ1n) is 21.5. The van der Waals surface area contributed by atoms with Gasteiger partial charge in [-0.25, -0.2) is 0 Å². The van der Waals surface area contributed by atoms with Gasteiger partial charge in [0, 0.05) is 107 Å². The Bertz CT molecular complexity index is 1880. The van der Waals surface area contributed by atoms with Gasteiger partial charge in [0.2, 0.25) is 23.6 Å². The number of hydrogen-bond donors (Lipinski definition) is 11. The Morgan fingerprint density at radius 1 is 0.353 bits per heavy atom. The Balaban J connectivity index is 6.75. The Morgan fingerprint density at radius 3 is 1.04 bits per heavy atom. The monoisotopic (exact) mass is 972 g/mol. The second-order valence-electron chi connectivity index (χ2n) is 15.8. The first-order chi connectivity index (χ1) is 31.7. The van der Waals surface area contributed by atoms with Gasteiger partial charge in [0.25, 0.3) is 0 Å². The van der Waals surface area contributed by atoms with Crippen molar-refractivity contribution in [3.63, 3.8) is 0 Å². The fourth-order valence-corrected chi connectivity index (χ4v) is 6.69. The van der Waals surface area contributed by atoms with E-state index in [-0.39, 0.29) is 25.8 Å². The molecule has 0 aliphatic carbocycles. The van der Waals surface area contributed by atoms with E-state index in [1.807, 2.05) is 5.32 Å². The number of hydrogen-bond acceptors (Lipinski definition) is 15. The molecule has 0 saturated heterocycles. The molecule has 11 N–H and O–H groups in total. The highest BCUT2D eigenvalue weighted by atomic mass is 16.4. The molecule has 0 radical (unpaired) electrons. The minimum atomic E-state index is -1.80. The van der Waals surface area contributed by atoms with Gasteiger partial charge < -0.3 is 57.0 Å². The molecule has 26 heteroatoms. The molecule has 0 rings (SSSR count). The van der Waals surface area contributed by atoms with Crippen molar-refractivity contribution >= 4 is 88.5 Å². The summed E-state index contributed by atoms with van der Waals surface area (Å²) in [5.41, 5.74) is 0. The van der Waals surface area contributed by atoms with Gasteiger partial charge in [-0.15, -0.1) is 0 Å². The predicted molar refractivity (Wildman–Crippen MR) is 226 cm³/mol. The molecular formula is C42H60N4O22. The number of carboxylic acids is 7. The van der Waals surface area contributed by atoms with Crippen LogP contribution in [0.1, 0.15) is 122 Å². The third-order valence-corrected chi connectivity index (χ3v) is 10.3. The van der Waals surface area contributed by atoms with Crippen LogP contribution in [0.3, 0.4) is 0 Å². The van der Waals surface area contributed by atoms with Crippen LogP contribution < -0.4 is 21.3 Å². The lowest BCUT2D eigenvalue weighted by Crippen LogP contribution is -2.48. The zero-order valence-electron chi connectivity index (χ0n) is 37.4. The highest BCUT2D eigenvalue weighted by Gasteiger charge is 2.35. The molecule has 0 aliphatic heterocycles. The molecule has 380 valence electrons. The van der Waals surface area contributed by atoms with Crippen molar-refractivity contribution in [2.24, 2.45) is 23.7 Å². The largest absolute Gasteiger partial charge is 0.481 e. The van der Waals surface area contributed by atoms with Gasteiger partial charge >= 0.3 is 41.8 Å². The molecule has 0 saturated carbocycles. The number of carbonyl (C=O) groups is 15. The zero-order chi connectivity index (χ0) is 52.1. The maximum atomic E-state index is 13.9. The molecule has 0 aliphatic rings. The predicted octanol–water partition coefficient (Wildman–Crippen LogP) is -0.436. The van der Waals surface area contributed by atoms with Crippen LogP contribution >= 0.6 is 0 Å². The number of Topliss-reactive ketones (excluding diaryl/α,β-unsaturated/α-hetero) is 4. The third kappa shape index (κ3) is 28.0. The Kier molecular flexibility index (Phi) is 29.1. The maximum absolute atomic E-state index is 13.9. The highest BCUT2D eigenvalue weighted by Crippen LogP contribution is 2.24. The van der Waals surface area contributed by atoms with E-state index in [4.69, 9.17) is 10.2 Å². The Morgan fingerprint density at radius 2 is 0.691 bits per heavy atom. The summed E-state index contributed by atoms with van der Waals surface area (Å²) >= 11 is 0. The SMILES string of the molecule is CCNC(=O)CCC(=O)CC(CCC(=O)O)C(=O)CC(CCC(=O)O)C(=O)NC(CCC(=O)O)C(=O)CC(CCC(=O)O)C(=O)NC(CCC(=O)O)C(=O)CC(CCC(=O)O)C(=O)NCC(=O)O. The van der Waals surface area contributed by atoms with E-state index < -0.39 is 227 Å². The molecule has 68 heavy (non-hydrogen) atoms. The van der Waals surface area contributed by atoms with E-state index in [0.29, 0.717) is 0 Å². The number of carboxylic acid groups (broad SMARTS) is 7. The van der Waals surface area contributed by atoms with Crippen molar-refractivity contribution in [3.8, 4) is 0 Å². The van der Waals surface area contributed by atoms with E-state index in [1.54, 1.807) is 6.92 Å². The smallest absolute Gasteiger partial charge is 0.322 e. The summed E-state index contributed by atoms with van der Waals surface area (Å²) < 4.78 is 0. The van der Waals surface area contributed by atoms with Gasteiger partial charge in [-0.2, -0.15) is 0 Å². The Hall–Kier alpha value is -7.15. The lowest BCUT2D eigenvalue weighted by molar-refractivity contribution is -0.141. The number of nitrogens with one attached hydrogen (secondary N) is 4. The van der Waals surface area contributed by atoms with Gasteiger partial charge in [0.15, 0.2) is 11.6 Å². The van der Waals surface area contributed by atoms with Crippen LogP contribution in [-0.4, -0.2) is 149 Å². The van der Waals surface area contributed by atoms with Gasteiger partial charge in [-0.05, 0) is 45.4 Å². The Labute approximate surface area is 388 Å². The van der Waals surface area contributed by atoms with Crippen LogP contribution in [0, 0.1) is 23.7 Å². The molecule has 0 bridgehead atoms. The van der Waals surface area contributed by atoms with E-state index >= 15 is 0 Å². The summed E-state index contributed by atoms with van der Waals surface area (Å²) in [6, 6.07) is -3.56. The van der Waals surface area contributed by atoms with Crippen molar-refractivity contribution < 1.29 is 108 Å². The number of ketones is 4. The quantitative estimate of drug-likeness (QED) is 0.0371. The normalized spacial score (nSPS) is 13.4. The van der Waals surface area contributed by atoms with E-state index in [2.05, 4.69) is 16.0 Å². The van der Waals surface area contributed by atoms with Crippen LogP contribution in [-0.2, 0) is 71.9 Å². The summed E-state index contributed by atoms with van der Waals surface area (Å²) in [7, 11) is 0. The van der Waals surface area contributed by atoms with Crippen LogP contribution in [0.25, 0.3) is 0 Å². The molecule has 0 aromatic rings. The summed E-state index contributed by atoms with van der Waals surface area (Å²) in [6.45, 7) is 1.01. The number of carbonyl (C=O) groups excluding carboxylic acids is 8. The van der Waals surface area contributed by atoms with Crippen LogP contribution in [0.5, 0.6) is 0 Å². The summed E-state index contributed by atoms with van der Waals surface area (Å²) in [5, 5.41) is 73.9. The fourth-order valence-electron chi connectivity index (χ4n) is 6.69. The van der Waals surface area contributed by atoms with Crippen LogP contribution in [0.2, 0.25) is 0 Å². The molecule has 6 atom stereocenters. The lowest BCUT2D eigenvalue weighted by Gasteiger charge is -2.25. The standard InChI is InChI=1S/C42H60N4O22/c1-2-43-32(51)10-7-26(47)17-22(3-11-33(52)53)29(48)18-24(5-13-35(56)57)41(67)45-28(9-16-38(62)63)31(50)20-25(6-14-36(58)59)42(68)46-27(8-15-37(60)61)30(49)19-23(4-12-34(54)55)40(66)44-21-39(64)65/h22-25,27-28H,2-21H2,1H3,(H,43,51)(H,44,66)(H,45,67)(H,46,68)(H,52,53)(H,54,55)(H,56,57)(H,58,59)(H,60,61)(H,62,63)(H,64,65). The molecule has 0 aromatic heterocycles. The second-order valence-corrected chi connectivity index (χ2v) is 15.8. The van der Waals surface area contributed by atoms with Crippen LogP contribution in [0.4, 0.5) is 0 Å². The molecule has 0 spiro atoms. The number of rotatable bonds is 40. The third-order valence-electron chi connectivity index (χ3n) is 10.3. The molecule has 0 aromatic carbocycles.